The van der Waals surface area contributed by atoms with Crippen LogP contribution in [0, 0.1) is 0 Å². The number of aromatic nitrogens is 1. The Morgan fingerprint density at radius 1 is 1.21 bits per heavy atom. The molecule has 0 amide bonds. The largest absolute Gasteiger partial charge is 0.454 e. The lowest BCUT2D eigenvalue weighted by atomic mass is 10.2. The molecule has 2 aromatic rings. The van der Waals surface area contributed by atoms with Gasteiger partial charge in [0.15, 0.2) is 11.5 Å². The Morgan fingerprint density at radius 3 is 3.00 bits per heavy atom. The van der Waals surface area contributed by atoms with E-state index in [1.54, 1.807) is 6.20 Å². The average Bonchev–Trinajstić information content (AvgIpc) is 2.89. The number of rotatable bonds is 4. The lowest BCUT2D eigenvalue weighted by Gasteiger charge is -2.07. The number of ether oxygens (including phenoxy) is 2. The van der Waals surface area contributed by atoms with Crippen molar-refractivity contribution in [3.8, 4) is 11.5 Å². The maximum Gasteiger partial charge on any atom is 0.231 e. The fourth-order valence-corrected chi connectivity index (χ4v) is 2.25. The minimum absolute atomic E-state index is 0.236. The molecule has 0 spiro atoms. The van der Waals surface area contributed by atoms with E-state index in [0.29, 0.717) is 29.6 Å². The molecular weight excluding hydrogens is 264 g/mol. The zero-order chi connectivity index (χ0) is 13.1. The average molecular weight is 277 g/mol. The minimum atomic E-state index is 0.236. The Morgan fingerprint density at radius 2 is 2.16 bits per heavy atom. The van der Waals surface area contributed by atoms with Crippen molar-refractivity contribution in [2.45, 2.75) is 13.1 Å². The van der Waals surface area contributed by atoms with Crippen LogP contribution >= 0.6 is 11.6 Å². The maximum atomic E-state index is 6.13. The lowest BCUT2D eigenvalue weighted by Crippen LogP contribution is -2.13. The number of halogens is 1. The third-order valence-corrected chi connectivity index (χ3v) is 3.13. The van der Waals surface area contributed by atoms with Crippen LogP contribution in [0.5, 0.6) is 11.5 Å². The van der Waals surface area contributed by atoms with Gasteiger partial charge in [-0.1, -0.05) is 17.7 Å². The molecule has 1 aliphatic rings. The molecule has 0 aliphatic carbocycles. The Labute approximate surface area is 116 Å². The lowest BCUT2D eigenvalue weighted by molar-refractivity contribution is 0.174. The van der Waals surface area contributed by atoms with Crippen molar-refractivity contribution in [3.63, 3.8) is 0 Å². The summed E-state index contributed by atoms with van der Waals surface area (Å²) < 4.78 is 10.6. The predicted octanol–water partition coefficient (Wildman–Crippen LogP) is 2.75. The highest BCUT2D eigenvalue weighted by molar-refractivity contribution is 6.32. The van der Waals surface area contributed by atoms with E-state index >= 15 is 0 Å². The summed E-state index contributed by atoms with van der Waals surface area (Å²) >= 11 is 6.13. The number of hydrogen-bond donors (Lipinski definition) is 1. The normalized spacial score (nSPS) is 12.7. The molecule has 0 unspecified atom stereocenters. The first-order chi connectivity index (χ1) is 9.33. The first kappa shape index (κ1) is 12.3. The van der Waals surface area contributed by atoms with Crippen molar-refractivity contribution in [1.29, 1.82) is 0 Å². The zero-order valence-corrected chi connectivity index (χ0v) is 11.0. The molecule has 19 heavy (non-hydrogen) atoms. The summed E-state index contributed by atoms with van der Waals surface area (Å²) in [6.45, 7) is 1.65. The molecule has 0 saturated carbocycles. The molecule has 1 aliphatic heterocycles. The van der Waals surface area contributed by atoms with E-state index in [9.17, 15) is 0 Å². The highest BCUT2D eigenvalue weighted by Crippen LogP contribution is 2.39. The molecule has 98 valence electrons. The van der Waals surface area contributed by atoms with Crippen molar-refractivity contribution >= 4 is 11.6 Å². The quantitative estimate of drug-likeness (QED) is 0.932. The van der Waals surface area contributed by atoms with Crippen LogP contribution in [0.2, 0.25) is 5.02 Å². The Bertz CT molecular complexity index is 575. The second-order valence-corrected chi connectivity index (χ2v) is 4.64. The first-order valence-corrected chi connectivity index (χ1v) is 6.39. The summed E-state index contributed by atoms with van der Waals surface area (Å²) in [5.74, 6) is 1.34. The van der Waals surface area contributed by atoms with E-state index in [-0.39, 0.29) is 6.79 Å². The van der Waals surface area contributed by atoms with Gasteiger partial charge < -0.3 is 14.8 Å². The van der Waals surface area contributed by atoms with Crippen LogP contribution < -0.4 is 14.8 Å². The second-order valence-electron chi connectivity index (χ2n) is 4.24. The highest BCUT2D eigenvalue weighted by atomic mass is 35.5. The monoisotopic (exact) mass is 276 g/mol. The van der Waals surface area contributed by atoms with E-state index in [4.69, 9.17) is 21.1 Å². The van der Waals surface area contributed by atoms with Gasteiger partial charge in [0, 0.05) is 19.3 Å². The summed E-state index contributed by atoms with van der Waals surface area (Å²) in [5.41, 5.74) is 2.07. The number of hydrogen-bond acceptors (Lipinski definition) is 4. The summed E-state index contributed by atoms with van der Waals surface area (Å²) in [4.78, 5) is 4.25. The molecule has 0 radical (unpaired) electrons. The predicted molar refractivity (Wildman–Crippen MR) is 72.4 cm³/mol. The number of pyridine rings is 1. The van der Waals surface area contributed by atoms with E-state index in [1.807, 2.05) is 30.3 Å². The molecule has 0 bridgehead atoms. The fraction of sp³-hybridized carbons (Fsp3) is 0.214. The Hall–Kier alpha value is -1.78. The molecule has 1 N–H and O–H groups in total. The molecule has 3 rings (SSSR count). The van der Waals surface area contributed by atoms with Crippen LogP contribution in [0.3, 0.4) is 0 Å². The molecule has 0 saturated heterocycles. The molecular formula is C14H13ClN2O2. The number of benzene rings is 1. The summed E-state index contributed by atoms with van der Waals surface area (Å²) in [6, 6.07) is 9.70. The van der Waals surface area contributed by atoms with Gasteiger partial charge in [-0.2, -0.15) is 0 Å². The number of nitrogens with one attached hydrogen (secondary N) is 1. The van der Waals surface area contributed by atoms with Gasteiger partial charge >= 0.3 is 0 Å². The van der Waals surface area contributed by atoms with Crippen molar-refractivity contribution in [3.05, 3.63) is 52.8 Å². The summed E-state index contributed by atoms with van der Waals surface area (Å²) in [7, 11) is 0. The molecule has 4 nitrogen and oxygen atoms in total. The van der Waals surface area contributed by atoms with Gasteiger partial charge in [-0.3, -0.25) is 4.98 Å². The molecule has 0 fully saturated rings. The minimum Gasteiger partial charge on any atom is -0.454 e. The van der Waals surface area contributed by atoms with Crippen molar-refractivity contribution in [2.75, 3.05) is 6.79 Å². The van der Waals surface area contributed by atoms with Crippen LogP contribution in [-0.2, 0) is 13.1 Å². The van der Waals surface area contributed by atoms with Gasteiger partial charge in [-0.15, -0.1) is 0 Å². The van der Waals surface area contributed by atoms with E-state index in [1.165, 1.54) is 0 Å². The van der Waals surface area contributed by atoms with Gasteiger partial charge in [-0.25, -0.2) is 0 Å². The highest BCUT2D eigenvalue weighted by Gasteiger charge is 2.17. The molecule has 5 heteroatoms. The van der Waals surface area contributed by atoms with Gasteiger partial charge in [0.25, 0.3) is 0 Å². The van der Waals surface area contributed by atoms with Gasteiger partial charge in [-0.05, 0) is 29.8 Å². The topological polar surface area (TPSA) is 43.4 Å². The SMILES string of the molecule is Clc1cc(CNCc2ccccn2)cc2c1OCO2. The fourth-order valence-electron chi connectivity index (χ4n) is 1.96. The summed E-state index contributed by atoms with van der Waals surface area (Å²) in [6.07, 6.45) is 1.79. The third kappa shape index (κ3) is 2.80. The van der Waals surface area contributed by atoms with Crippen LogP contribution in [0.4, 0.5) is 0 Å². The van der Waals surface area contributed by atoms with Crippen molar-refractivity contribution in [2.24, 2.45) is 0 Å². The van der Waals surface area contributed by atoms with E-state index in [2.05, 4.69) is 10.3 Å². The van der Waals surface area contributed by atoms with Crippen molar-refractivity contribution in [1.82, 2.24) is 10.3 Å². The van der Waals surface area contributed by atoms with Crippen LogP contribution in [0.1, 0.15) is 11.3 Å². The van der Waals surface area contributed by atoms with Crippen LogP contribution in [0.15, 0.2) is 36.5 Å². The van der Waals surface area contributed by atoms with Crippen LogP contribution in [-0.4, -0.2) is 11.8 Å². The zero-order valence-electron chi connectivity index (χ0n) is 10.2. The maximum absolute atomic E-state index is 6.13. The number of fused-ring (bicyclic) bond motifs is 1. The Kier molecular flexibility index (Phi) is 3.53. The number of nitrogens with zero attached hydrogens (tertiary/aromatic N) is 1. The Balaban J connectivity index is 1.63. The molecule has 0 atom stereocenters. The first-order valence-electron chi connectivity index (χ1n) is 6.01. The van der Waals surface area contributed by atoms with Crippen LogP contribution in [0.25, 0.3) is 0 Å². The molecule has 1 aromatic carbocycles. The smallest absolute Gasteiger partial charge is 0.231 e. The van der Waals surface area contributed by atoms with Crippen molar-refractivity contribution < 1.29 is 9.47 Å². The van der Waals surface area contributed by atoms with Gasteiger partial charge in [0.2, 0.25) is 6.79 Å². The van der Waals surface area contributed by atoms with E-state index < -0.39 is 0 Å². The molecule has 1 aromatic heterocycles. The second kappa shape index (κ2) is 5.47. The van der Waals surface area contributed by atoms with E-state index in [0.717, 1.165) is 11.3 Å². The van der Waals surface area contributed by atoms with Gasteiger partial charge in [0.1, 0.15) is 0 Å². The summed E-state index contributed by atoms with van der Waals surface area (Å²) in [5, 5.41) is 3.91. The molecule has 2 heterocycles. The third-order valence-electron chi connectivity index (χ3n) is 2.85. The van der Waals surface area contributed by atoms with Gasteiger partial charge in [0.05, 0.1) is 10.7 Å². The standard InChI is InChI=1S/C14H13ClN2O2/c15-12-5-10(6-13-14(12)19-9-18-13)7-16-8-11-3-1-2-4-17-11/h1-6,16H,7-9H2.